The molecule has 0 aliphatic carbocycles. The van der Waals surface area contributed by atoms with Gasteiger partial charge >= 0.3 is 6.03 Å². The number of para-hydroxylation sites is 2. The van der Waals surface area contributed by atoms with Crippen LogP contribution in [0.25, 0.3) is 0 Å². The standard InChI is InChI=1S/C26H33N3O6/c1-33-23-10-6-5-9-21(23)28-26(32)29-15-19(30)16-34-17-24-22(29)12-11-20(35-24)13-25(31)27-14-18-7-3-2-4-8-18/h2-10,19-20,22,24,30H,11-17H2,1H3,(H,27,31)(H,28,32)/t19-,20-,22-,24+/m1/s1. The number of urea groups is 1. The topological polar surface area (TPSA) is 109 Å². The predicted molar refractivity (Wildman–Crippen MR) is 130 cm³/mol. The van der Waals surface area contributed by atoms with E-state index in [0.717, 1.165) is 5.56 Å². The molecule has 2 aliphatic heterocycles. The molecular formula is C26H33N3O6. The van der Waals surface area contributed by atoms with Gasteiger partial charge in [-0.3, -0.25) is 4.79 Å². The number of amides is 3. The molecule has 2 saturated heterocycles. The van der Waals surface area contributed by atoms with Gasteiger partial charge in [-0.25, -0.2) is 4.79 Å². The highest BCUT2D eigenvalue weighted by Gasteiger charge is 2.40. The van der Waals surface area contributed by atoms with Crippen LogP contribution in [0, 0.1) is 0 Å². The van der Waals surface area contributed by atoms with Gasteiger partial charge in [0.05, 0.1) is 57.2 Å². The SMILES string of the molecule is COc1ccccc1NC(=O)N1C[C@@H](O)COC[C@@H]2O[C@@H](CC(=O)NCc3ccccc3)CC[C@H]21. The summed E-state index contributed by atoms with van der Waals surface area (Å²) < 4.78 is 17.2. The number of methoxy groups -OCH3 is 1. The second-order valence-electron chi connectivity index (χ2n) is 8.88. The van der Waals surface area contributed by atoms with Crippen molar-refractivity contribution in [2.24, 2.45) is 0 Å². The van der Waals surface area contributed by atoms with Crippen LogP contribution in [0.1, 0.15) is 24.8 Å². The molecule has 0 bridgehead atoms. The summed E-state index contributed by atoms with van der Waals surface area (Å²) in [6.45, 7) is 0.930. The molecule has 4 rings (SSSR count). The average Bonchev–Trinajstić information content (AvgIpc) is 2.86. The highest BCUT2D eigenvalue weighted by atomic mass is 16.5. The summed E-state index contributed by atoms with van der Waals surface area (Å²) in [7, 11) is 1.54. The van der Waals surface area contributed by atoms with E-state index in [9.17, 15) is 14.7 Å². The Kier molecular flexibility index (Phi) is 8.57. The zero-order chi connectivity index (χ0) is 24.6. The molecule has 35 heavy (non-hydrogen) atoms. The van der Waals surface area contributed by atoms with E-state index in [2.05, 4.69) is 10.6 Å². The van der Waals surface area contributed by atoms with Gasteiger partial charge in [0.2, 0.25) is 5.91 Å². The molecule has 2 aromatic carbocycles. The van der Waals surface area contributed by atoms with Crippen molar-refractivity contribution >= 4 is 17.6 Å². The molecule has 0 aromatic heterocycles. The van der Waals surface area contributed by atoms with Gasteiger partial charge in [-0.2, -0.15) is 0 Å². The fraction of sp³-hybridized carbons (Fsp3) is 0.462. The molecule has 9 nitrogen and oxygen atoms in total. The number of hydrogen-bond donors (Lipinski definition) is 3. The third kappa shape index (κ3) is 6.72. The summed E-state index contributed by atoms with van der Waals surface area (Å²) in [5, 5.41) is 16.2. The summed E-state index contributed by atoms with van der Waals surface area (Å²) in [6.07, 6.45) is 0.0311. The van der Waals surface area contributed by atoms with Crippen LogP contribution in [0.3, 0.4) is 0 Å². The number of ether oxygens (including phenoxy) is 3. The summed E-state index contributed by atoms with van der Waals surface area (Å²) >= 11 is 0. The molecular weight excluding hydrogens is 450 g/mol. The van der Waals surface area contributed by atoms with Gasteiger partial charge in [-0.05, 0) is 30.5 Å². The van der Waals surface area contributed by atoms with E-state index < -0.39 is 12.2 Å². The molecule has 3 amide bonds. The Bertz CT molecular complexity index is 988. The van der Waals surface area contributed by atoms with Crippen molar-refractivity contribution < 1.29 is 28.9 Å². The quantitative estimate of drug-likeness (QED) is 0.583. The highest BCUT2D eigenvalue weighted by molar-refractivity contribution is 5.91. The molecule has 2 aliphatic rings. The zero-order valence-corrected chi connectivity index (χ0v) is 19.9. The fourth-order valence-corrected chi connectivity index (χ4v) is 4.58. The molecule has 2 aromatic rings. The second-order valence-corrected chi connectivity index (χ2v) is 8.88. The van der Waals surface area contributed by atoms with Gasteiger partial charge in [0, 0.05) is 6.54 Å². The van der Waals surface area contributed by atoms with Crippen LogP contribution in [0.4, 0.5) is 10.5 Å². The number of anilines is 1. The lowest BCUT2D eigenvalue weighted by molar-refractivity contribution is -0.149. The molecule has 188 valence electrons. The number of carbonyl (C=O) groups excluding carboxylic acids is 2. The largest absolute Gasteiger partial charge is 0.495 e. The molecule has 0 unspecified atom stereocenters. The summed E-state index contributed by atoms with van der Waals surface area (Å²) in [6, 6.07) is 16.3. The van der Waals surface area contributed by atoms with E-state index in [1.807, 2.05) is 42.5 Å². The number of fused-ring (bicyclic) bond motifs is 1. The Balaban J connectivity index is 1.38. The van der Waals surface area contributed by atoms with Crippen LogP contribution in [0.5, 0.6) is 5.75 Å². The number of nitrogens with zero attached hydrogens (tertiary/aromatic N) is 1. The number of nitrogens with one attached hydrogen (secondary N) is 2. The van der Waals surface area contributed by atoms with Gasteiger partial charge in [-0.15, -0.1) is 0 Å². The van der Waals surface area contributed by atoms with Crippen LogP contribution < -0.4 is 15.4 Å². The van der Waals surface area contributed by atoms with E-state index in [1.54, 1.807) is 24.1 Å². The minimum absolute atomic E-state index is 0.0785. The van der Waals surface area contributed by atoms with Gasteiger partial charge in [0.25, 0.3) is 0 Å². The van der Waals surface area contributed by atoms with E-state index in [0.29, 0.717) is 30.8 Å². The molecule has 3 N–H and O–H groups in total. The number of benzene rings is 2. The van der Waals surface area contributed by atoms with E-state index in [4.69, 9.17) is 14.2 Å². The number of rotatable bonds is 6. The van der Waals surface area contributed by atoms with Gasteiger partial charge in [0.15, 0.2) is 0 Å². The summed E-state index contributed by atoms with van der Waals surface area (Å²) in [5.74, 6) is 0.472. The van der Waals surface area contributed by atoms with Crippen LogP contribution >= 0.6 is 0 Å². The van der Waals surface area contributed by atoms with E-state index in [1.165, 1.54) is 0 Å². The molecule has 2 heterocycles. The summed E-state index contributed by atoms with van der Waals surface area (Å²) in [5.41, 5.74) is 1.59. The van der Waals surface area contributed by atoms with Crippen molar-refractivity contribution in [3.05, 3.63) is 60.2 Å². The lowest BCUT2D eigenvalue weighted by Gasteiger charge is -2.44. The van der Waals surface area contributed by atoms with E-state index >= 15 is 0 Å². The zero-order valence-electron chi connectivity index (χ0n) is 19.9. The van der Waals surface area contributed by atoms with Crippen LogP contribution in [0.15, 0.2) is 54.6 Å². The van der Waals surface area contributed by atoms with Gasteiger partial charge < -0.3 is 34.9 Å². The Labute approximate surface area is 205 Å². The Morgan fingerprint density at radius 2 is 1.86 bits per heavy atom. The van der Waals surface area contributed by atoms with Gasteiger partial charge in [0.1, 0.15) is 11.9 Å². The fourth-order valence-electron chi connectivity index (χ4n) is 4.58. The van der Waals surface area contributed by atoms with Crippen molar-refractivity contribution in [1.82, 2.24) is 10.2 Å². The maximum Gasteiger partial charge on any atom is 0.322 e. The smallest absolute Gasteiger partial charge is 0.322 e. The number of carbonyl (C=O) groups is 2. The number of hydrogen-bond acceptors (Lipinski definition) is 6. The van der Waals surface area contributed by atoms with Gasteiger partial charge in [-0.1, -0.05) is 42.5 Å². The van der Waals surface area contributed by atoms with Crippen molar-refractivity contribution in [3.63, 3.8) is 0 Å². The molecule has 0 radical (unpaired) electrons. The minimum atomic E-state index is -0.805. The number of aliphatic hydroxyl groups is 1. The maximum atomic E-state index is 13.3. The highest BCUT2D eigenvalue weighted by Crippen LogP contribution is 2.29. The normalized spacial score (nSPS) is 24.5. The van der Waals surface area contributed by atoms with Crippen LogP contribution in [-0.4, -0.2) is 73.2 Å². The molecule has 0 saturated carbocycles. The van der Waals surface area contributed by atoms with Crippen molar-refractivity contribution in [2.75, 3.05) is 32.2 Å². The van der Waals surface area contributed by atoms with Crippen molar-refractivity contribution in [3.8, 4) is 5.75 Å². The third-order valence-corrected chi connectivity index (χ3v) is 6.34. The predicted octanol–water partition coefficient (Wildman–Crippen LogP) is 2.54. The first-order valence-electron chi connectivity index (χ1n) is 12.0. The average molecular weight is 484 g/mol. The Morgan fingerprint density at radius 1 is 1.09 bits per heavy atom. The Morgan fingerprint density at radius 3 is 2.66 bits per heavy atom. The van der Waals surface area contributed by atoms with E-state index in [-0.39, 0.29) is 50.3 Å². The first kappa shape index (κ1) is 25.0. The Hall–Kier alpha value is -3.14. The maximum absolute atomic E-state index is 13.3. The number of aliphatic hydroxyl groups excluding tert-OH is 1. The van der Waals surface area contributed by atoms with Crippen molar-refractivity contribution in [2.45, 2.75) is 50.2 Å². The second kappa shape index (κ2) is 12.0. The lowest BCUT2D eigenvalue weighted by atomic mass is 9.95. The molecule has 4 atom stereocenters. The van der Waals surface area contributed by atoms with Crippen LogP contribution in [0.2, 0.25) is 0 Å². The first-order valence-corrected chi connectivity index (χ1v) is 12.0. The van der Waals surface area contributed by atoms with Crippen molar-refractivity contribution in [1.29, 1.82) is 0 Å². The monoisotopic (exact) mass is 483 g/mol. The number of β-amino-alcohol motifs (C(OH)–C–C–N with tert-alkyl or cyclic N) is 1. The minimum Gasteiger partial charge on any atom is -0.495 e. The molecule has 9 heteroatoms. The molecule has 0 spiro atoms. The molecule has 2 fully saturated rings. The van der Waals surface area contributed by atoms with Crippen LogP contribution in [-0.2, 0) is 20.8 Å². The lowest BCUT2D eigenvalue weighted by Crippen LogP contribution is -2.58. The first-order chi connectivity index (χ1) is 17.0. The third-order valence-electron chi connectivity index (χ3n) is 6.34. The summed E-state index contributed by atoms with van der Waals surface area (Å²) in [4.78, 5) is 27.4.